The molecular formula is C27H28N4O5. The first-order chi connectivity index (χ1) is 17.4. The number of amides is 2. The molecule has 0 bridgehead atoms. The van der Waals surface area contributed by atoms with Gasteiger partial charge in [0.1, 0.15) is 29.5 Å². The lowest BCUT2D eigenvalue weighted by Crippen LogP contribution is -2.47. The van der Waals surface area contributed by atoms with Gasteiger partial charge in [-0.2, -0.15) is 0 Å². The van der Waals surface area contributed by atoms with Crippen molar-refractivity contribution in [3.8, 4) is 17.2 Å². The molecule has 0 saturated carbocycles. The first-order valence-electron chi connectivity index (χ1n) is 11.6. The van der Waals surface area contributed by atoms with Gasteiger partial charge in [0.2, 0.25) is 0 Å². The van der Waals surface area contributed by atoms with Crippen molar-refractivity contribution in [3.63, 3.8) is 0 Å². The van der Waals surface area contributed by atoms with E-state index in [0.717, 1.165) is 16.9 Å². The minimum Gasteiger partial charge on any atom is -0.494 e. The molecule has 0 fully saturated rings. The van der Waals surface area contributed by atoms with Crippen molar-refractivity contribution in [1.29, 1.82) is 0 Å². The summed E-state index contributed by atoms with van der Waals surface area (Å²) in [6, 6.07) is 17.6. The molecule has 2 aromatic carbocycles. The van der Waals surface area contributed by atoms with Crippen LogP contribution in [0.25, 0.3) is 5.65 Å². The van der Waals surface area contributed by atoms with Crippen molar-refractivity contribution in [2.24, 2.45) is 0 Å². The molecule has 0 radical (unpaired) electrons. The Morgan fingerprint density at radius 1 is 0.972 bits per heavy atom. The fraction of sp³-hybridized carbons (Fsp3) is 0.222. The fourth-order valence-corrected chi connectivity index (χ4v) is 3.49. The molecule has 1 unspecified atom stereocenters. The summed E-state index contributed by atoms with van der Waals surface area (Å²) in [6.07, 6.45) is 3.01. The van der Waals surface area contributed by atoms with Crippen LogP contribution in [0, 0.1) is 6.92 Å². The van der Waals surface area contributed by atoms with Crippen molar-refractivity contribution in [1.82, 2.24) is 20.2 Å². The highest BCUT2D eigenvalue weighted by Crippen LogP contribution is 2.19. The van der Waals surface area contributed by atoms with Gasteiger partial charge in [0.05, 0.1) is 12.3 Å². The highest BCUT2D eigenvalue weighted by molar-refractivity contribution is 5.96. The number of fused-ring (bicyclic) bond motifs is 1. The molecule has 9 nitrogen and oxygen atoms in total. The van der Waals surface area contributed by atoms with Crippen LogP contribution in [0.3, 0.4) is 0 Å². The maximum Gasteiger partial charge on any atom is 0.279 e. The largest absolute Gasteiger partial charge is 0.494 e. The van der Waals surface area contributed by atoms with E-state index >= 15 is 0 Å². The number of carbonyl (C=O) groups excluding carboxylic acids is 2. The van der Waals surface area contributed by atoms with Crippen LogP contribution < -0.4 is 25.1 Å². The minimum absolute atomic E-state index is 0.253. The number of rotatable bonds is 9. The molecule has 0 saturated heterocycles. The predicted molar refractivity (Wildman–Crippen MR) is 134 cm³/mol. The summed E-state index contributed by atoms with van der Waals surface area (Å²) in [5, 5.41) is 0. The Morgan fingerprint density at radius 3 is 2.50 bits per heavy atom. The monoisotopic (exact) mass is 488 g/mol. The molecule has 0 aliphatic carbocycles. The van der Waals surface area contributed by atoms with Gasteiger partial charge in [-0.1, -0.05) is 12.1 Å². The van der Waals surface area contributed by atoms with Gasteiger partial charge in [0.25, 0.3) is 11.8 Å². The lowest BCUT2D eigenvalue weighted by Gasteiger charge is -2.15. The first kappa shape index (κ1) is 24.6. The number of imidazole rings is 1. The predicted octanol–water partition coefficient (Wildman–Crippen LogP) is 3.85. The third-order valence-electron chi connectivity index (χ3n) is 5.33. The van der Waals surface area contributed by atoms with Gasteiger partial charge in [0.15, 0.2) is 6.10 Å². The van der Waals surface area contributed by atoms with Crippen LogP contribution in [-0.4, -0.2) is 33.9 Å². The Hall–Kier alpha value is -4.53. The summed E-state index contributed by atoms with van der Waals surface area (Å²) in [4.78, 5) is 29.5. The van der Waals surface area contributed by atoms with Crippen molar-refractivity contribution < 1.29 is 23.8 Å². The number of aryl methyl sites for hydroxylation is 1. The van der Waals surface area contributed by atoms with Crippen molar-refractivity contribution >= 4 is 17.5 Å². The van der Waals surface area contributed by atoms with Gasteiger partial charge in [-0.05, 0) is 74.9 Å². The van der Waals surface area contributed by atoms with Gasteiger partial charge in [-0.3, -0.25) is 20.4 Å². The van der Waals surface area contributed by atoms with E-state index in [1.165, 1.54) is 0 Å². The minimum atomic E-state index is -0.827. The second-order valence-corrected chi connectivity index (χ2v) is 8.08. The van der Waals surface area contributed by atoms with E-state index in [4.69, 9.17) is 14.2 Å². The maximum absolute atomic E-state index is 12.6. The number of ether oxygens (including phenoxy) is 3. The number of aromatic nitrogens is 2. The number of benzene rings is 2. The molecule has 0 aliphatic heterocycles. The molecule has 0 spiro atoms. The van der Waals surface area contributed by atoms with E-state index in [1.807, 2.05) is 42.8 Å². The van der Waals surface area contributed by atoms with E-state index in [0.29, 0.717) is 29.4 Å². The molecule has 4 aromatic rings. The average Bonchev–Trinajstić information content (AvgIpc) is 3.32. The van der Waals surface area contributed by atoms with Crippen LogP contribution in [0.1, 0.15) is 35.5 Å². The number of carbonyl (C=O) groups is 2. The molecule has 0 aliphatic rings. The quantitative estimate of drug-likeness (QED) is 0.347. The molecular weight excluding hydrogens is 460 g/mol. The summed E-state index contributed by atoms with van der Waals surface area (Å²) in [5.74, 6) is 0.763. The molecule has 186 valence electrons. The number of nitrogens with zero attached hydrogens (tertiary/aromatic N) is 2. The normalized spacial score (nSPS) is 11.5. The second kappa shape index (κ2) is 11.3. The SMILES string of the molecule is CCOc1ccc(OC(C)C(=O)NNC(=O)c2cccc(OCc3cn4cccc(C)c4n3)c2)cc1. The Bertz CT molecular complexity index is 1350. The number of nitrogens with one attached hydrogen (secondary N) is 2. The van der Waals surface area contributed by atoms with Crippen molar-refractivity contribution in [2.75, 3.05) is 6.61 Å². The van der Waals surface area contributed by atoms with Gasteiger partial charge in [0, 0.05) is 18.0 Å². The van der Waals surface area contributed by atoms with Gasteiger partial charge >= 0.3 is 0 Å². The lowest BCUT2D eigenvalue weighted by atomic mass is 10.2. The standard InChI is InChI=1S/C27H28N4O5/c1-4-34-22-10-12-23(13-11-22)36-19(3)26(32)29-30-27(33)20-8-5-9-24(15-20)35-17-21-16-31-14-6-7-18(2)25(31)28-21/h5-16,19H,4,17H2,1-3H3,(H,29,32)(H,30,33). The summed E-state index contributed by atoms with van der Waals surface area (Å²) in [6.45, 7) is 6.31. The van der Waals surface area contributed by atoms with Gasteiger partial charge in [-0.15, -0.1) is 0 Å². The van der Waals surface area contributed by atoms with E-state index in [2.05, 4.69) is 15.8 Å². The molecule has 2 aromatic heterocycles. The van der Waals surface area contributed by atoms with Crippen LogP contribution in [0.4, 0.5) is 0 Å². The van der Waals surface area contributed by atoms with Crippen LogP contribution in [0.15, 0.2) is 73.1 Å². The van der Waals surface area contributed by atoms with Crippen LogP contribution in [-0.2, 0) is 11.4 Å². The number of hydrogen-bond acceptors (Lipinski definition) is 6. The lowest BCUT2D eigenvalue weighted by molar-refractivity contribution is -0.128. The topological polar surface area (TPSA) is 103 Å². The smallest absolute Gasteiger partial charge is 0.279 e. The maximum atomic E-state index is 12.6. The summed E-state index contributed by atoms with van der Waals surface area (Å²) < 4.78 is 18.8. The average molecular weight is 489 g/mol. The first-order valence-corrected chi connectivity index (χ1v) is 11.6. The van der Waals surface area contributed by atoms with E-state index in [9.17, 15) is 9.59 Å². The third-order valence-corrected chi connectivity index (χ3v) is 5.33. The fourth-order valence-electron chi connectivity index (χ4n) is 3.49. The second-order valence-electron chi connectivity index (χ2n) is 8.08. The Morgan fingerprint density at radius 2 is 1.75 bits per heavy atom. The molecule has 2 amide bonds. The zero-order valence-corrected chi connectivity index (χ0v) is 20.4. The van der Waals surface area contributed by atoms with E-state index in [-0.39, 0.29) is 6.61 Å². The molecule has 2 heterocycles. The Kier molecular flexibility index (Phi) is 7.69. The number of hydrazine groups is 1. The molecule has 2 N–H and O–H groups in total. The third kappa shape index (κ3) is 6.12. The van der Waals surface area contributed by atoms with E-state index < -0.39 is 17.9 Å². The molecule has 1 atom stereocenters. The molecule has 36 heavy (non-hydrogen) atoms. The molecule has 9 heteroatoms. The highest BCUT2D eigenvalue weighted by atomic mass is 16.5. The Labute approximate surface area is 209 Å². The van der Waals surface area contributed by atoms with E-state index in [1.54, 1.807) is 55.5 Å². The summed E-state index contributed by atoms with van der Waals surface area (Å²) >= 11 is 0. The summed E-state index contributed by atoms with van der Waals surface area (Å²) in [7, 11) is 0. The van der Waals surface area contributed by atoms with Gasteiger partial charge in [-0.25, -0.2) is 4.98 Å². The van der Waals surface area contributed by atoms with Crippen molar-refractivity contribution in [2.45, 2.75) is 33.5 Å². The van der Waals surface area contributed by atoms with Crippen LogP contribution >= 0.6 is 0 Å². The number of pyridine rings is 1. The van der Waals surface area contributed by atoms with Crippen molar-refractivity contribution in [3.05, 3.63) is 89.9 Å². The zero-order valence-electron chi connectivity index (χ0n) is 20.4. The summed E-state index contributed by atoms with van der Waals surface area (Å²) in [5.41, 5.74) is 7.85. The number of hydrogen-bond donors (Lipinski definition) is 2. The Balaban J connectivity index is 1.28. The zero-order chi connectivity index (χ0) is 25.5. The van der Waals surface area contributed by atoms with Crippen LogP contribution in [0.5, 0.6) is 17.2 Å². The van der Waals surface area contributed by atoms with Gasteiger partial charge < -0.3 is 18.6 Å². The highest BCUT2D eigenvalue weighted by Gasteiger charge is 2.16. The van der Waals surface area contributed by atoms with Crippen LogP contribution in [0.2, 0.25) is 0 Å². The molecule has 4 rings (SSSR count).